The fourth-order valence-electron chi connectivity index (χ4n) is 2.64. The van der Waals surface area contributed by atoms with Crippen molar-refractivity contribution < 1.29 is 9.59 Å². The Kier molecular flexibility index (Phi) is 4.35. The van der Waals surface area contributed by atoms with Crippen LogP contribution in [-0.4, -0.2) is 46.9 Å². The van der Waals surface area contributed by atoms with Crippen molar-refractivity contribution in [3.05, 3.63) is 0 Å². The minimum atomic E-state index is -0.343. The van der Waals surface area contributed by atoms with Gasteiger partial charge in [-0.05, 0) is 26.2 Å². The summed E-state index contributed by atoms with van der Waals surface area (Å²) in [5.41, 5.74) is 3.23. The number of nitrogens with one attached hydrogen (secondary N) is 1. The summed E-state index contributed by atoms with van der Waals surface area (Å²) in [7, 11) is 0. The van der Waals surface area contributed by atoms with Gasteiger partial charge in [-0.25, -0.2) is 10.4 Å². The summed E-state index contributed by atoms with van der Waals surface area (Å²) in [5, 5.41) is 2.10. The normalized spacial score (nSPS) is 27.9. The zero-order valence-corrected chi connectivity index (χ0v) is 11.3. The lowest BCUT2D eigenvalue weighted by molar-refractivity contribution is -0.141. The van der Waals surface area contributed by atoms with Crippen molar-refractivity contribution in [1.82, 2.24) is 15.3 Å². The number of carbonyl (C=O) groups is 2. The molecule has 102 valence electrons. The van der Waals surface area contributed by atoms with Crippen molar-refractivity contribution in [2.45, 2.75) is 58.0 Å². The summed E-state index contributed by atoms with van der Waals surface area (Å²) in [6.45, 7) is 5.87. The Balaban J connectivity index is 1.94. The van der Waals surface area contributed by atoms with Crippen LogP contribution in [0.3, 0.4) is 0 Å². The van der Waals surface area contributed by atoms with Crippen LogP contribution in [0.1, 0.15) is 46.0 Å². The highest BCUT2D eigenvalue weighted by molar-refractivity contribution is 6.05. The van der Waals surface area contributed by atoms with Gasteiger partial charge in [0, 0.05) is 19.1 Å². The number of hydrazine groups is 1. The Hall–Kier alpha value is -0.940. The summed E-state index contributed by atoms with van der Waals surface area (Å²) in [4.78, 5) is 25.5. The van der Waals surface area contributed by atoms with Crippen molar-refractivity contribution in [3.63, 3.8) is 0 Å². The second-order valence-corrected chi connectivity index (χ2v) is 5.29. The van der Waals surface area contributed by atoms with Gasteiger partial charge in [-0.2, -0.15) is 0 Å². The van der Waals surface area contributed by atoms with E-state index in [9.17, 15) is 9.59 Å². The molecular weight excluding hydrogens is 230 g/mol. The monoisotopic (exact) mass is 253 g/mol. The van der Waals surface area contributed by atoms with E-state index in [2.05, 4.69) is 10.4 Å². The van der Waals surface area contributed by atoms with E-state index in [1.54, 1.807) is 0 Å². The predicted octanol–water partition coefficient (Wildman–Crippen LogP) is 0.903. The van der Waals surface area contributed by atoms with Crippen molar-refractivity contribution in [2.75, 3.05) is 13.1 Å². The second-order valence-electron chi connectivity index (χ2n) is 5.29. The molecule has 0 saturated carbocycles. The molecule has 0 spiro atoms. The van der Waals surface area contributed by atoms with Crippen LogP contribution in [0.25, 0.3) is 0 Å². The van der Waals surface area contributed by atoms with E-state index in [1.165, 1.54) is 11.3 Å². The van der Waals surface area contributed by atoms with Gasteiger partial charge < -0.3 is 0 Å². The maximum Gasteiger partial charge on any atom is 0.248 e. The molecule has 2 rings (SSSR count). The van der Waals surface area contributed by atoms with E-state index < -0.39 is 0 Å². The number of imide groups is 1. The minimum absolute atomic E-state index is 0.0122. The molecule has 2 heterocycles. The maximum atomic E-state index is 12.2. The molecule has 5 nitrogen and oxygen atoms in total. The van der Waals surface area contributed by atoms with Gasteiger partial charge in [-0.3, -0.25) is 14.5 Å². The quantitative estimate of drug-likeness (QED) is 0.756. The summed E-state index contributed by atoms with van der Waals surface area (Å²) >= 11 is 0. The van der Waals surface area contributed by atoms with E-state index in [0.717, 1.165) is 32.4 Å². The number of nitrogens with zero attached hydrogens (tertiary/aromatic N) is 2. The van der Waals surface area contributed by atoms with Gasteiger partial charge in [0.25, 0.3) is 0 Å². The maximum absolute atomic E-state index is 12.2. The highest BCUT2D eigenvalue weighted by Crippen LogP contribution is 2.19. The molecule has 2 atom stereocenters. The van der Waals surface area contributed by atoms with Gasteiger partial charge in [-0.1, -0.05) is 13.3 Å². The van der Waals surface area contributed by atoms with E-state index in [0.29, 0.717) is 6.42 Å². The van der Waals surface area contributed by atoms with Crippen LogP contribution < -0.4 is 5.43 Å². The van der Waals surface area contributed by atoms with Crippen LogP contribution in [-0.2, 0) is 9.59 Å². The van der Waals surface area contributed by atoms with E-state index >= 15 is 0 Å². The molecule has 0 bridgehead atoms. The lowest BCUT2D eigenvalue weighted by Gasteiger charge is -2.29. The molecular formula is C13H23N3O2. The Labute approximate surface area is 108 Å². The number of hydrogen-bond donors (Lipinski definition) is 1. The van der Waals surface area contributed by atoms with Crippen LogP contribution in [0.15, 0.2) is 0 Å². The lowest BCUT2D eigenvalue weighted by atomic mass is 10.1. The molecule has 0 aromatic carbocycles. The largest absolute Gasteiger partial charge is 0.278 e. The minimum Gasteiger partial charge on any atom is -0.278 e. The first-order valence-corrected chi connectivity index (χ1v) is 7.00. The van der Waals surface area contributed by atoms with E-state index in [-0.39, 0.29) is 23.9 Å². The highest BCUT2D eigenvalue weighted by Gasteiger charge is 2.41. The van der Waals surface area contributed by atoms with E-state index in [4.69, 9.17) is 0 Å². The molecule has 1 N–H and O–H groups in total. The van der Waals surface area contributed by atoms with Crippen LogP contribution in [0.2, 0.25) is 0 Å². The van der Waals surface area contributed by atoms with Crippen molar-refractivity contribution in [1.29, 1.82) is 0 Å². The SMILES string of the molecule is CCC(C)N1C(=O)CC(NN2CCCCC2)C1=O. The third kappa shape index (κ3) is 2.72. The fraction of sp³-hybridized carbons (Fsp3) is 0.846. The molecule has 0 aromatic rings. The Morgan fingerprint density at radius 2 is 1.94 bits per heavy atom. The van der Waals surface area contributed by atoms with Crippen molar-refractivity contribution >= 4 is 11.8 Å². The Morgan fingerprint density at radius 3 is 2.56 bits per heavy atom. The fourth-order valence-corrected chi connectivity index (χ4v) is 2.64. The number of likely N-dealkylation sites (tertiary alicyclic amines) is 1. The lowest BCUT2D eigenvalue weighted by Crippen LogP contribution is -2.51. The summed E-state index contributed by atoms with van der Waals surface area (Å²) in [5.74, 6) is -0.0937. The molecule has 0 aliphatic carbocycles. The molecule has 18 heavy (non-hydrogen) atoms. The van der Waals surface area contributed by atoms with Gasteiger partial charge in [0.1, 0.15) is 6.04 Å². The van der Waals surface area contributed by atoms with Crippen LogP contribution in [0, 0.1) is 0 Å². The van der Waals surface area contributed by atoms with Crippen molar-refractivity contribution in [2.24, 2.45) is 0 Å². The van der Waals surface area contributed by atoms with Crippen LogP contribution in [0.5, 0.6) is 0 Å². The number of amides is 2. The van der Waals surface area contributed by atoms with Gasteiger partial charge in [0.15, 0.2) is 0 Å². The van der Waals surface area contributed by atoms with Gasteiger partial charge in [0.05, 0.1) is 6.42 Å². The van der Waals surface area contributed by atoms with E-state index in [1.807, 2.05) is 13.8 Å². The summed E-state index contributed by atoms with van der Waals surface area (Å²) < 4.78 is 0. The Bertz CT molecular complexity index is 326. The molecule has 2 unspecified atom stereocenters. The zero-order chi connectivity index (χ0) is 13.1. The van der Waals surface area contributed by atoms with Crippen LogP contribution in [0.4, 0.5) is 0 Å². The third-order valence-electron chi connectivity index (χ3n) is 3.91. The number of carbonyl (C=O) groups excluding carboxylic acids is 2. The molecule has 2 aliphatic heterocycles. The van der Waals surface area contributed by atoms with Gasteiger partial charge in [-0.15, -0.1) is 0 Å². The van der Waals surface area contributed by atoms with Gasteiger partial charge in [0.2, 0.25) is 11.8 Å². The molecule has 0 radical (unpaired) electrons. The smallest absolute Gasteiger partial charge is 0.248 e. The van der Waals surface area contributed by atoms with Gasteiger partial charge >= 0.3 is 0 Å². The highest BCUT2D eigenvalue weighted by atomic mass is 16.2. The zero-order valence-electron chi connectivity index (χ0n) is 11.3. The second kappa shape index (κ2) is 5.80. The summed E-state index contributed by atoms with van der Waals surface area (Å²) in [6.07, 6.45) is 4.70. The number of rotatable bonds is 4. The molecule has 5 heteroatoms. The average molecular weight is 253 g/mol. The molecule has 2 fully saturated rings. The number of hydrogen-bond acceptors (Lipinski definition) is 4. The topological polar surface area (TPSA) is 52.7 Å². The predicted molar refractivity (Wildman–Crippen MR) is 68.6 cm³/mol. The molecule has 2 amide bonds. The first-order valence-electron chi connectivity index (χ1n) is 7.00. The standard InChI is InChI=1S/C13H23N3O2/c1-3-10(2)16-12(17)9-11(13(16)18)14-15-7-5-4-6-8-15/h10-11,14H,3-9H2,1-2H3. The number of piperidine rings is 1. The summed E-state index contributed by atoms with van der Waals surface area (Å²) in [6, 6.07) is -0.331. The van der Waals surface area contributed by atoms with Crippen molar-refractivity contribution in [3.8, 4) is 0 Å². The Morgan fingerprint density at radius 1 is 1.28 bits per heavy atom. The third-order valence-corrected chi connectivity index (χ3v) is 3.91. The first kappa shape index (κ1) is 13.5. The first-order chi connectivity index (χ1) is 8.63. The average Bonchev–Trinajstić information content (AvgIpc) is 2.65. The molecule has 0 aromatic heterocycles. The molecule has 2 saturated heterocycles. The van der Waals surface area contributed by atoms with Crippen LogP contribution >= 0.6 is 0 Å². The molecule has 2 aliphatic rings.